The minimum Gasteiger partial charge on any atom is -0.489 e. The first kappa shape index (κ1) is 15.6. The van der Waals surface area contributed by atoms with E-state index >= 15 is 0 Å². The normalized spacial score (nSPS) is 9.82. The molecule has 0 saturated heterocycles. The monoisotopic (exact) mass is 294 g/mol. The van der Waals surface area contributed by atoms with Crippen molar-refractivity contribution < 1.29 is 9.53 Å². The van der Waals surface area contributed by atoms with Gasteiger partial charge in [0, 0.05) is 0 Å². The molecule has 0 spiro atoms. The maximum atomic E-state index is 11.6. The Morgan fingerprint density at radius 2 is 2.05 bits per heavy atom. The third kappa shape index (κ3) is 4.64. The Morgan fingerprint density at radius 1 is 1.23 bits per heavy atom. The predicted octanol–water partition coefficient (Wildman–Crippen LogP) is 2.76. The lowest BCUT2D eigenvalue weighted by atomic mass is 10.1. The van der Waals surface area contributed by atoms with Crippen LogP contribution in [0.25, 0.3) is 0 Å². The fraction of sp³-hybridized carbons (Fsp3) is 0.222. The highest BCUT2D eigenvalue weighted by molar-refractivity contribution is 5.78. The number of nitrogens with one attached hydrogen (secondary N) is 1. The smallest absolute Gasteiger partial charge is 0.225 e. The van der Waals surface area contributed by atoms with Crippen LogP contribution in [0.3, 0.4) is 0 Å². The Bertz CT molecular complexity index is 689. The van der Waals surface area contributed by atoms with E-state index in [4.69, 9.17) is 10.00 Å². The Balaban J connectivity index is 1.95. The minimum atomic E-state index is -0.169. The van der Waals surface area contributed by atoms with Gasteiger partial charge < -0.3 is 10.1 Å². The van der Waals surface area contributed by atoms with Crippen molar-refractivity contribution in [3.8, 4) is 11.8 Å². The van der Waals surface area contributed by atoms with Gasteiger partial charge >= 0.3 is 0 Å². The van der Waals surface area contributed by atoms with Gasteiger partial charge in [-0.2, -0.15) is 5.26 Å². The van der Waals surface area contributed by atoms with Crippen molar-refractivity contribution in [3.05, 3.63) is 65.2 Å². The number of aryl methyl sites for hydroxylation is 1. The van der Waals surface area contributed by atoms with E-state index in [1.807, 2.05) is 48.5 Å². The molecule has 0 unspecified atom stereocenters. The predicted molar refractivity (Wildman–Crippen MR) is 84.3 cm³/mol. The van der Waals surface area contributed by atoms with Crippen molar-refractivity contribution in [1.82, 2.24) is 5.32 Å². The quantitative estimate of drug-likeness (QED) is 0.833. The number of nitriles is 1. The van der Waals surface area contributed by atoms with Crippen LogP contribution >= 0.6 is 0 Å². The van der Waals surface area contributed by atoms with E-state index in [0.717, 1.165) is 16.9 Å². The van der Waals surface area contributed by atoms with Crippen molar-refractivity contribution in [2.24, 2.45) is 0 Å². The molecule has 2 aromatic rings. The molecule has 0 radical (unpaired) electrons. The maximum absolute atomic E-state index is 11.6. The summed E-state index contributed by atoms with van der Waals surface area (Å²) < 4.78 is 5.79. The second-order valence-corrected chi connectivity index (χ2v) is 4.97. The summed E-state index contributed by atoms with van der Waals surface area (Å²) in [6, 6.07) is 17.4. The van der Waals surface area contributed by atoms with Crippen molar-refractivity contribution in [2.45, 2.75) is 20.0 Å². The van der Waals surface area contributed by atoms with Gasteiger partial charge in [0.25, 0.3) is 0 Å². The van der Waals surface area contributed by atoms with Crippen LogP contribution in [0, 0.1) is 18.3 Å². The van der Waals surface area contributed by atoms with Crippen LogP contribution in [0.1, 0.15) is 16.7 Å². The van der Waals surface area contributed by atoms with E-state index in [0.29, 0.717) is 6.61 Å². The number of hydrogen-bond acceptors (Lipinski definition) is 3. The summed E-state index contributed by atoms with van der Waals surface area (Å²) in [5.41, 5.74) is 3.19. The van der Waals surface area contributed by atoms with Gasteiger partial charge in [0.2, 0.25) is 5.91 Å². The second kappa shape index (κ2) is 7.84. The lowest BCUT2D eigenvalue weighted by molar-refractivity contribution is -0.120. The van der Waals surface area contributed by atoms with Crippen LogP contribution in [-0.2, 0) is 17.8 Å². The molecule has 22 heavy (non-hydrogen) atoms. The molecule has 4 heteroatoms. The highest BCUT2D eigenvalue weighted by Crippen LogP contribution is 2.17. The van der Waals surface area contributed by atoms with E-state index in [9.17, 15) is 4.79 Å². The number of nitrogens with zero attached hydrogens (tertiary/aromatic N) is 1. The van der Waals surface area contributed by atoms with E-state index in [-0.39, 0.29) is 18.9 Å². The van der Waals surface area contributed by atoms with Crippen molar-refractivity contribution in [1.29, 1.82) is 5.26 Å². The fourth-order valence-corrected chi connectivity index (χ4v) is 2.06. The summed E-state index contributed by atoms with van der Waals surface area (Å²) >= 11 is 0. The van der Waals surface area contributed by atoms with Crippen LogP contribution in [0.5, 0.6) is 5.75 Å². The highest BCUT2D eigenvalue weighted by atomic mass is 16.5. The molecule has 0 saturated carbocycles. The largest absolute Gasteiger partial charge is 0.489 e. The summed E-state index contributed by atoms with van der Waals surface area (Å²) in [5, 5.41) is 11.0. The molecule has 0 bridgehead atoms. The van der Waals surface area contributed by atoms with Gasteiger partial charge in [0.1, 0.15) is 18.9 Å². The molecule has 0 aromatic heterocycles. The first-order valence-electron chi connectivity index (χ1n) is 7.09. The summed E-state index contributed by atoms with van der Waals surface area (Å²) in [4.78, 5) is 11.6. The Labute approximate surface area is 130 Å². The van der Waals surface area contributed by atoms with E-state index < -0.39 is 0 Å². The third-order valence-corrected chi connectivity index (χ3v) is 3.28. The molecule has 112 valence electrons. The van der Waals surface area contributed by atoms with Crippen LogP contribution in [-0.4, -0.2) is 12.5 Å². The molecule has 1 N–H and O–H groups in total. The maximum Gasteiger partial charge on any atom is 0.225 e. The second-order valence-electron chi connectivity index (χ2n) is 4.97. The Kier molecular flexibility index (Phi) is 5.56. The molecule has 2 aromatic carbocycles. The topological polar surface area (TPSA) is 62.1 Å². The van der Waals surface area contributed by atoms with E-state index in [1.165, 1.54) is 5.56 Å². The molecular weight excluding hydrogens is 276 g/mol. The average molecular weight is 294 g/mol. The van der Waals surface area contributed by atoms with Gasteiger partial charge in [0.15, 0.2) is 0 Å². The first-order chi connectivity index (χ1) is 10.7. The molecule has 1 amide bonds. The molecule has 0 aliphatic rings. The van der Waals surface area contributed by atoms with Gasteiger partial charge in [-0.05, 0) is 35.7 Å². The summed E-state index contributed by atoms with van der Waals surface area (Å²) in [6.07, 6.45) is 0.239. The van der Waals surface area contributed by atoms with Crippen LogP contribution in [0.4, 0.5) is 0 Å². The molecule has 0 fully saturated rings. The molecule has 0 aliphatic heterocycles. The number of carbonyl (C=O) groups excluding carboxylic acids is 1. The lowest BCUT2D eigenvalue weighted by Crippen LogP contribution is -2.25. The highest BCUT2D eigenvalue weighted by Gasteiger charge is 2.04. The zero-order valence-corrected chi connectivity index (χ0v) is 12.5. The van der Waals surface area contributed by atoms with Gasteiger partial charge in [-0.3, -0.25) is 4.79 Å². The summed E-state index contributed by atoms with van der Waals surface area (Å²) in [5.74, 6) is 0.562. The van der Waals surface area contributed by atoms with Crippen molar-refractivity contribution in [3.63, 3.8) is 0 Å². The SMILES string of the molecule is Cc1ccccc1COc1cccc(CC(=O)NCC#N)c1. The minimum absolute atomic E-state index is 0.0301. The lowest BCUT2D eigenvalue weighted by Gasteiger charge is -2.10. The number of ether oxygens (including phenoxy) is 1. The summed E-state index contributed by atoms with van der Waals surface area (Å²) in [6.45, 7) is 2.58. The molecule has 0 atom stereocenters. The van der Waals surface area contributed by atoms with Gasteiger partial charge in [0.05, 0.1) is 12.5 Å². The van der Waals surface area contributed by atoms with Crippen LogP contribution in [0.2, 0.25) is 0 Å². The Hall–Kier alpha value is -2.80. The fourth-order valence-electron chi connectivity index (χ4n) is 2.06. The third-order valence-electron chi connectivity index (χ3n) is 3.28. The average Bonchev–Trinajstić information content (AvgIpc) is 2.52. The van der Waals surface area contributed by atoms with Crippen molar-refractivity contribution in [2.75, 3.05) is 6.54 Å². The Morgan fingerprint density at radius 3 is 2.82 bits per heavy atom. The first-order valence-corrected chi connectivity index (χ1v) is 7.09. The molecular formula is C18H18N2O2. The molecule has 2 rings (SSSR count). The molecule has 0 aliphatic carbocycles. The number of amides is 1. The molecule has 4 nitrogen and oxygen atoms in total. The van der Waals surface area contributed by atoms with Crippen LogP contribution in [0.15, 0.2) is 48.5 Å². The van der Waals surface area contributed by atoms with E-state index in [1.54, 1.807) is 0 Å². The standard InChI is InChI=1S/C18H18N2O2/c1-14-5-2-3-7-16(14)13-22-17-8-4-6-15(11-17)12-18(21)20-10-9-19/h2-8,11H,10,12-13H2,1H3,(H,20,21). The number of carbonyl (C=O) groups is 1. The van der Waals surface area contributed by atoms with E-state index in [2.05, 4.69) is 18.3 Å². The zero-order chi connectivity index (χ0) is 15.8. The number of benzene rings is 2. The van der Waals surface area contributed by atoms with Gasteiger partial charge in [-0.25, -0.2) is 0 Å². The zero-order valence-electron chi connectivity index (χ0n) is 12.5. The van der Waals surface area contributed by atoms with Crippen molar-refractivity contribution >= 4 is 5.91 Å². The van der Waals surface area contributed by atoms with Crippen LogP contribution < -0.4 is 10.1 Å². The van der Waals surface area contributed by atoms with Gasteiger partial charge in [-0.15, -0.1) is 0 Å². The molecule has 0 heterocycles. The summed E-state index contributed by atoms with van der Waals surface area (Å²) in [7, 11) is 0. The number of rotatable bonds is 6. The number of hydrogen-bond donors (Lipinski definition) is 1. The van der Waals surface area contributed by atoms with Gasteiger partial charge in [-0.1, -0.05) is 36.4 Å².